The minimum absolute atomic E-state index is 0.204. The molecule has 0 bridgehead atoms. The molecular formula is C27H24N2O5S. The van der Waals surface area contributed by atoms with Crippen LogP contribution in [0.1, 0.15) is 32.6 Å². The van der Waals surface area contributed by atoms with Gasteiger partial charge in [-0.25, -0.2) is 9.79 Å². The second kappa shape index (κ2) is 10.5. The van der Waals surface area contributed by atoms with E-state index in [0.717, 1.165) is 16.8 Å². The third-order valence-electron chi connectivity index (χ3n) is 5.47. The van der Waals surface area contributed by atoms with Crippen molar-refractivity contribution in [3.63, 3.8) is 0 Å². The molecule has 8 heteroatoms. The van der Waals surface area contributed by atoms with E-state index in [1.54, 1.807) is 31.4 Å². The van der Waals surface area contributed by atoms with Gasteiger partial charge in [-0.1, -0.05) is 30.3 Å². The number of benzene rings is 3. The number of hydrogen-bond acceptors (Lipinski definition) is 6. The lowest BCUT2D eigenvalue weighted by atomic mass is 10.1. The van der Waals surface area contributed by atoms with Crippen LogP contribution in [0.2, 0.25) is 0 Å². The average molecular weight is 489 g/mol. The number of hydrogen-bond donors (Lipinski definition) is 2. The van der Waals surface area contributed by atoms with E-state index < -0.39 is 5.97 Å². The molecule has 0 atom stereocenters. The summed E-state index contributed by atoms with van der Waals surface area (Å²) in [6, 6.07) is 17.8. The van der Waals surface area contributed by atoms with Gasteiger partial charge in [0.2, 0.25) is 0 Å². The second-order valence-electron chi connectivity index (χ2n) is 7.92. The Balaban J connectivity index is 1.57. The molecular weight excluding hydrogens is 464 g/mol. The molecule has 35 heavy (non-hydrogen) atoms. The summed E-state index contributed by atoms with van der Waals surface area (Å²) >= 11 is 1.26. The van der Waals surface area contributed by atoms with Gasteiger partial charge < -0.3 is 19.9 Å². The van der Waals surface area contributed by atoms with Crippen molar-refractivity contribution in [3.8, 4) is 11.5 Å². The molecule has 1 fully saturated rings. The number of nitrogens with zero attached hydrogens (tertiary/aromatic N) is 1. The number of methoxy groups -OCH3 is 1. The lowest BCUT2D eigenvalue weighted by molar-refractivity contribution is -0.115. The second-order valence-corrected chi connectivity index (χ2v) is 8.95. The summed E-state index contributed by atoms with van der Waals surface area (Å²) < 4.78 is 11.5. The van der Waals surface area contributed by atoms with Crippen molar-refractivity contribution >= 4 is 40.6 Å². The minimum Gasteiger partial charge on any atom is -0.493 e. The molecule has 1 amide bonds. The Kier molecular flexibility index (Phi) is 7.22. The predicted molar refractivity (Wildman–Crippen MR) is 137 cm³/mol. The first kappa shape index (κ1) is 24.1. The normalized spacial score (nSPS) is 15.3. The van der Waals surface area contributed by atoms with Gasteiger partial charge in [0.15, 0.2) is 16.7 Å². The lowest BCUT2D eigenvalue weighted by Crippen LogP contribution is -2.19. The maximum absolute atomic E-state index is 12.6. The Hall–Kier alpha value is -4.04. The summed E-state index contributed by atoms with van der Waals surface area (Å²) in [6.07, 6.45) is 1.74. The van der Waals surface area contributed by atoms with Gasteiger partial charge in [-0.15, -0.1) is 0 Å². The molecule has 0 unspecified atom stereocenters. The standard InChI is InChI=1S/C27H24N2O5S/c1-16-7-12-21(13-17(16)2)28-27-29-25(30)23(35-27)14-20-5-4-6-22(33-3)24(20)34-15-18-8-10-19(11-9-18)26(31)32/h4-14H,15H2,1-3H3,(H,31,32)(H,28,29,30)/b23-14-. The van der Waals surface area contributed by atoms with E-state index in [9.17, 15) is 9.59 Å². The number of aromatic carboxylic acids is 1. The van der Waals surface area contributed by atoms with E-state index in [-0.39, 0.29) is 18.1 Å². The number of thioether (sulfide) groups is 1. The number of para-hydroxylation sites is 1. The van der Waals surface area contributed by atoms with E-state index >= 15 is 0 Å². The first-order valence-corrected chi connectivity index (χ1v) is 11.6. The number of carboxylic acid groups (broad SMARTS) is 1. The van der Waals surface area contributed by atoms with Crippen LogP contribution in [0.3, 0.4) is 0 Å². The molecule has 7 nitrogen and oxygen atoms in total. The van der Waals surface area contributed by atoms with Gasteiger partial charge in [-0.3, -0.25) is 4.79 Å². The largest absolute Gasteiger partial charge is 0.493 e. The first-order valence-electron chi connectivity index (χ1n) is 10.8. The predicted octanol–water partition coefficient (Wildman–Crippen LogP) is 5.48. The lowest BCUT2D eigenvalue weighted by Gasteiger charge is -2.14. The number of amidine groups is 1. The Labute approximate surface area is 207 Å². The van der Waals surface area contributed by atoms with Crippen molar-refractivity contribution in [2.75, 3.05) is 7.11 Å². The number of ether oxygens (including phenoxy) is 2. The molecule has 1 saturated heterocycles. The van der Waals surface area contributed by atoms with Crippen LogP contribution in [0.25, 0.3) is 6.08 Å². The number of aryl methyl sites for hydroxylation is 2. The molecule has 4 rings (SSSR count). The Bertz CT molecular complexity index is 1350. The summed E-state index contributed by atoms with van der Waals surface area (Å²) in [6.45, 7) is 4.27. The zero-order valence-corrected chi connectivity index (χ0v) is 20.3. The number of rotatable bonds is 7. The molecule has 2 N–H and O–H groups in total. The minimum atomic E-state index is -0.983. The third kappa shape index (κ3) is 5.73. The highest BCUT2D eigenvalue weighted by Crippen LogP contribution is 2.36. The van der Waals surface area contributed by atoms with Crippen molar-refractivity contribution in [2.24, 2.45) is 4.99 Å². The third-order valence-corrected chi connectivity index (χ3v) is 6.38. The number of carbonyl (C=O) groups excluding carboxylic acids is 1. The molecule has 0 saturated carbocycles. The van der Waals surface area contributed by atoms with Gasteiger partial charge >= 0.3 is 5.97 Å². The van der Waals surface area contributed by atoms with Gasteiger partial charge in [-0.05, 0) is 78.7 Å². The Morgan fingerprint density at radius 2 is 1.86 bits per heavy atom. The van der Waals surface area contributed by atoms with Gasteiger partial charge in [0.05, 0.1) is 23.3 Å². The summed E-state index contributed by atoms with van der Waals surface area (Å²) in [5, 5.41) is 12.4. The first-order chi connectivity index (χ1) is 16.8. The van der Waals surface area contributed by atoms with Gasteiger partial charge in [0, 0.05) is 5.56 Å². The van der Waals surface area contributed by atoms with Gasteiger partial charge in [0.1, 0.15) is 6.61 Å². The van der Waals surface area contributed by atoms with E-state index in [0.29, 0.717) is 27.1 Å². The number of nitrogens with one attached hydrogen (secondary N) is 1. The van der Waals surface area contributed by atoms with Gasteiger partial charge in [0.25, 0.3) is 5.91 Å². The van der Waals surface area contributed by atoms with Crippen LogP contribution in [-0.4, -0.2) is 29.3 Å². The number of carboxylic acids is 1. The highest BCUT2D eigenvalue weighted by atomic mass is 32.2. The molecule has 1 aliphatic heterocycles. The van der Waals surface area contributed by atoms with Crippen LogP contribution in [0.15, 0.2) is 70.6 Å². The van der Waals surface area contributed by atoms with Crippen LogP contribution in [0.5, 0.6) is 11.5 Å². The number of aliphatic imine (C=N–C) groups is 1. The van der Waals surface area contributed by atoms with E-state index in [1.165, 1.54) is 29.5 Å². The molecule has 0 spiro atoms. The molecule has 0 radical (unpaired) electrons. The molecule has 3 aromatic carbocycles. The molecule has 1 heterocycles. The van der Waals surface area contributed by atoms with Crippen LogP contribution in [-0.2, 0) is 11.4 Å². The van der Waals surface area contributed by atoms with Crippen LogP contribution in [0.4, 0.5) is 5.69 Å². The summed E-state index contributed by atoms with van der Waals surface area (Å²) in [5.41, 5.74) is 4.77. The number of carbonyl (C=O) groups is 2. The zero-order chi connectivity index (χ0) is 24.9. The summed E-state index contributed by atoms with van der Waals surface area (Å²) in [7, 11) is 1.55. The van der Waals surface area contributed by atoms with Crippen molar-refractivity contribution in [3.05, 3.63) is 93.4 Å². The fraction of sp³-hybridized carbons (Fsp3) is 0.148. The fourth-order valence-corrected chi connectivity index (χ4v) is 4.23. The molecule has 0 aliphatic carbocycles. The van der Waals surface area contributed by atoms with Crippen LogP contribution < -0.4 is 14.8 Å². The fourth-order valence-electron chi connectivity index (χ4n) is 3.39. The van der Waals surface area contributed by atoms with Crippen molar-refractivity contribution in [1.82, 2.24) is 5.32 Å². The van der Waals surface area contributed by atoms with Crippen molar-refractivity contribution < 1.29 is 24.2 Å². The molecule has 3 aromatic rings. The average Bonchev–Trinajstić information content (AvgIpc) is 3.18. The quantitative estimate of drug-likeness (QED) is 0.428. The monoisotopic (exact) mass is 488 g/mol. The van der Waals surface area contributed by atoms with E-state index in [4.69, 9.17) is 14.6 Å². The van der Waals surface area contributed by atoms with Crippen LogP contribution in [0, 0.1) is 13.8 Å². The molecule has 0 aromatic heterocycles. The van der Waals surface area contributed by atoms with Crippen molar-refractivity contribution in [2.45, 2.75) is 20.5 Å². The number of amides is 1. The topological polar surface area (TPSA) is 97.2 Å². The van der Waals surface area contributed by atoms with E-state index in [1.807, 2.05) is 44.2 Å². The van der Waals surface area contributed by atoms with E-state index in [2.05, 4.69) is 10.3 Å². The maximum atomic E-state index is 12.6. The summed E-state index contributed by atoms with van der Waals surface area (Å²) in [4.78, 5) is 28.7. The van der Waals surface area contributed by atoms with Crippen molar-refractivity contribution in [1.29, 1.82) is 0 Å². The van der Waals surface area contributed by atoms with Gasteiger partial charge in [-0.2, -0.15) is 0 Å². The molecule has 178 valence electrons. The zero-order valence-electron chi connectivity index (χ0n) is 19.5. The SMILES string of the molecule is COc1cccc(/C=C2\SC(=Nc3ccc(C)c(C)c3)NC2=O)c1OCc1ccc(C(=O)O)cc1. The Morgan fingerprint density at radius 3 is 2.54 bits per heavy atom. The maximum Gasteiger partial charge on any atom is 0.335 e. The Morgan fingerprint density at radius 1 is 1.09 bits per heavy atom. The smallest absolute Gasteiger partial charge is 0.335 e. The highest BCUT2D eigenvalue weighted by Gasteiger charge is 2.25. The highest BCUT2D eigenvalue weighted by molar-refractivity contribution is 8.18. The van der Waals surface area contributed by atoms with Crippen LogP contribution >= 0.6 is 11.8 Å². The summed E-state index contributed by atoms with van der Waals surface area (Å²) in [5.74, 6) is -0.217. The molecule has 1 aliphatic rings.